The van der Waals surface area contributed by atoms with Crippen LogP contribution in [-0.4, -0.2) is 14.3 Å². The van der Waals surface area contributed by atoms with Crippen LogP contribution in [0.4, 0.5) is 0 Å². The first-order valence-corrected chi connectivity index (χ1v) is 17.6. The zero-order valence-corrected chi connectivity index (χ0v) is 26.2. The van der Waals surface area contributed by atoms with Crippen molar-refractivity contribution in [1.82, 2.24) is 0 Å². The van der Waals surface area contributed by atoms with Crippen LogP contribution in [0.25, 0.3) is 21.5 Å². The molecule has 4 heteroatoms. The highest BCUT2D eigenvalue weighted by molar-refractivity contribution is 7.24. The van der Waals surface area contributed by atoms with Crippen molar-refractivity contribution >= 4 is 41.0 Å². The normalized spacial score (nSPS) is 18.3. The quantitative estimate of drug-likeness (QED) is 0.163. The van der Waals surface area contributed by atoms with E-state index >= 15 is 0 Å². The molecular weight excluding hydrogens is 575 g/mol. The van der Waals surface area contributed by atoms with Gasteiger partial charge in [-0.05, 0) is 59.8 Å². The van der Waals surface area contributed by atoms with E-state index in [4.69, 9.17) is 5.11 Å². The van der Waals surface area contributed by atoms with Gasteiger partial charge in [0.25, 0.3) is 0 Å². The van der Waals surface area contributed by atoms with E-state index in [0.717, 1.165) is 5.56 Å². The summed E-state index contributed by atoms with van der Waals surface area (Å²) in [7, 11) is -3.35. The monoisotopic (exact) mass is 605 g/mol. The average molecular weight is 606 g/mol. The third-order valence-electron chi connectivity index (χ3n) is 9.24. The number of hydrogen-bond donors (Lipinski definition) is 0. The van der Waals surface area contributed by atoms with Crippen LogP contribution in [0, 0.1) is 0 Å². The van der Waals surface area contributed by atoms with Gasteiger partial charge in [-0.25, -0.2) is 0 Å². The molecule has 6 aromatic rings. The lowest BCUT2D eigenvalue weighted by atomic mass is 9.89. The Morgan fingerprint density at radius 2 is 0.761 bits per heavy atom. The van der Waals surface area contributed by atoms with E-state index in [1.807, 2.05) is 6.21 Å². The highest BCUT2D eigenvalue weighted by atomic mass is 28.3. The zero-order chi connectivity index (χ0) is 30.8. The van der Waals surface area contributed by atoms with Crippen molar-refractivity contribution in [3.63, 3.8) is 0 Å². The van der Waals surface area contributed by atoms with E-state index in [1.165, 1.54) is 49.0 Å². The second-order valence-corrected chi connectivity index (χ2v) is 15.5. The summed E-state index contributed by atoms with van der Waals surface area (Å²) in [4.78, 5) is 0. The lowest BCUT2D eigenvalue weighted by molar-refractivity contribution is 0.807. The third kappa shape index (κ3) is 4.22. The van der Waals surface area contributed by atoms with Gasteiger partial charge in [0, 0.05) is 0 Å². The van der Waals surface area contributed by atoms with E-state index in [1.54, 1.807) is 0 Å². The Kier molecular flexibility index (Phi) is 7.05. The molecule has 218 valence electrons. The van der Waals surface area contributed by atoms with Crippen molar-refractivity contribution in [2.75, 3.05) is 0 Å². The Balaban J connectivity index is 1.69. The van der Waals surface area contributed by atoms with Gasteiger partial charge >= 0.3 is 0 Å². The highest BCUT2D eigenvalue weighted by Crippen LogP contribution is 2.61. The van der Waals surface area contributed by atoms with Crippen LogP contribution in [0.5, 0.6) is 0 Å². The SMILES string of the molecule is C1=NN=NC1(c1ccccc1)[Si]1(c2ccccc2)C(c2ccccc2)=C(c2ccccc2)C(c2ccccc2)=C1c1ccccc1. The molecule has 0 bridgehead atoms. The van der Waals surface area contributed by atoms with Crippen molar-refractivity contribution in [1.29, 1.82) is 0 Å². The fourth-order valence-corrected chi connectivity index (χ4v) is 13.7. The maximum Gasteiger partial charge on any atom is 0.195 e. The summed E-state index contributed by atoms with van der Waals surface area (Å²) in [6.45, 7) is 0. The molecule has 3 nitrogen and oxygen atoms in total. The van der Waals surface area contributed by atoms with Gasteiger partial charge in [0.15, 0.2) is 8.07 Å². The Morgan fingerprint density at radius 1 is 0.391 bits per heavy atom. The third-order valence-corrected chi connectivity index (χ3v) is 14.7. The summed E-state index contributed by atoms with van der Waals surface area (Å²) in [5.74, 6) is 0. The molecule has 0 saturated carbocycles. The summed E-state index contributed by atoms with van der Waals surface area (Å²) in [6.07, 6.45) is 2.03. The minimum absolute atomic E-state index is 0.872. The Hall–Kier alpha value is -5.71. The van der Waals surface area contributed by atoms with Crippen molar-refractivity contribution in [2.24, 2.45) is 15.4 Å². The molecule has 0 aromatic heterocycles. The van der Waals surface area contributed by atoms with E-state index in [-0.39, 0.29) is 0 Å². The molecule has 2 aliphatic heterocycles. The summed E-state index contributed by atoms with van der Waals surface area (Å²) in [5, 5.41) is 17.3. The molecule has 2 aliphatic rings. The van der Waals surface area contributed by atoms with Gasteiger partial charge in [-0.1, -0.05) is 182 Å². The van der Waals surface area contributed by atoms with Crippen LogP contribution in [0.3, 0.4) is 0 Å². The molecule has 6 aromatic carbocycles. The van der Waals surface area contributed by atoms with Crippen LogP contribution >= 0.6 is 0 Å². The summed E-state index contributed by atoms with van der Waals surface area (Å²) in [5.41, 5.74) is 8.27. The Bertz CT molecular complexity index is 1990. The Morgan fingerprint density at radius 3 is 1.15 bits per heavy atom. The van der Waals surface area contributed by atoms with E-state index in [0.29, 0.717) is 0 Å². The molecule has 1 unspecified atom stereocenters. The molecule has 1 atom stereocenters. The van der Waals surface area contributed by atoms with Crippen molar-refractivity contribution in [2.45, 2.75) is 5.16 Å². The van der Waals surface area contributed by atoms with Crippen molar-refractivity contribution in [3.8, 4) is 0 Å². The van der Waals surface area contributed by atoms with Crippen molar-refractivity contribution in [3.05, 3.63) is 210 Å². The molecule has 0 spiro atoms. The minimum atomic E-state index is -3.35. The standard InChI is InChI=1S/C42H31N3Si/c1-7-19-32(20-8-1)38-39(33-21-9-2-10-22-33)41(35-25-13-4-14-26-35)46(37-29-17-6-18-30-37,40(38)34-23-11-3-12-24-34)42(31-43-45-44-42)36-27-15-5-16-28-36/h1-31H. The van der Waals surface area contributed by atoms with E-state index in [9.17, 15) is 0 Å². The van der Waals surface area contributed by atoms with Crippen molar-refractivity contribution < 1.29 is 0 Å². The molecule has 0 fully saturated rings. The second kappa shape index (κ2) is 11.7. The molecule has 2 heterocycles. The fourth-order valence-electron chi connectivity index (χ4n) is 7.49. The molecular formula is C42H31N3Si. The van der Waals surface area contributed by atoms with Gasteiger partial charge in [0.2, 0.25) is 0 Å². The summed E-state index contributed by atoms with van der Waals surface area (Å²) in [6, 6.07) is 65.3. The zero-order valence-electron chi connectivity index (χ0n) is 25.2. The predicted octanol–water partition coefficient (Wildman–Crippen LogP) is 9.54. The smallest absolute Gasteiger partial charge is 0.154 e. The van der Waals surface area contributed by atoms with Crippen LogP contribution in [0.1, 0.15) is 27.8 Å². The van der Waals surface area contributed by atoms with Gasteiger partial charge < -0.3 is 0 Å². The topological polar surface area (TPSA) is 37.1 Å². The molecule has 0 aliphatic carbocycles. The summed E-state index contributed by atoms with van der Waals surface area (Å²) < 4.78 is 0. The molecule has 0 radical (unpaired) electrons. The number of rotatable bonds is 7. The predicted molar refractivity (Wildman–Crippen MR) is 193 cm³/mol. The Labute approximate surface area is 270 Å². The number of allylic oxidation sites excluding steroid dienone is 2. The van der Waals surface area contributed by atoms with Gasteiger partial charge in [-0.3, -0.25) is 0 Å². The first-order chi connectivity index (χ1) is 22.8. The second-order valence-electron chi connectivity index (χ2n) is 11.6. The number of hydrogen-bond acceptors (Lipinski definition) is 3. The van der Waals surface area contributed by atoms with E-state index in [2.05, 4.69) is 192 Å². The molecule has 0 saturated heterocycles. The molecule has 8 rings (SSSR count). The lowest BCUT2D eigenvalue weighted by Crippen LogP contribution is -2.65. The van der Waals surface area contributed by atoms with Gasteiger partial charge in [0.1, 0.15) is 5.16 Å². The maximum absolute atomic E-state index is 5.27. The first kappa shape index (κ1) is 27.8. The van der Waals surface area contributed by atoms with Crippen LogP contribution in [0.2, 0.25) is 0 Å². The average Bonchev–Trinajstić information content (AvgIpc) is 3.77. The molecule has 0 N–H and O–H groups in total. The van der Waals surface area contributed by atoms with Gasteiger partial charge in [-0.2, -0.15) is 5.11 Å². The highest BCUT2D eigenvalue weighted by Gasteiger charge is 2.66. The minimum Gasteiger partial charge on any atom is -0.154 e. The fraction of sp³-hybridized carbons (Fsp3) is 0.0238. The van der Waals surface area contributed by atoms with Gasteiger partial charge in [0.05, 0.1) is 6.21 Å². The number of benzene rings is 6. The van der Waals surface area contributed by atoms with Crippen LogP contribution < -0.4 is 5.19 Å². The van der Waals surface area contributed by atoms with Gasteiger partial charge in [-0.15, -0.1) is 5.10 Å². The van der Waals surface area contributed by atoms with Crippen LogP contribution in [0.15, 0.2) is 197 Å². The van der Waals surface area contributed by atoms with E-state index < -0.39 is 13.2 Å². The van der Waals surface area contributed by atoms with Crippen LogP contribution in [-0.2, 0) is 5.16 Å². The lowest BCUT2D eigenvalue weighted by Gasteiger charge is -2.45. The summed E-state index contributed by atoms with van der Waals surface area (Å²) >= 11 is 0. The number of nitrogens with zero attached hydrogens (tertiary/aromatic N) is 3. The maximum atomic E-state index is 5.27. The first-order valence-electron chi connectivity index (χ1n) is 15.6. The largest absolute Gasteiger partial charge is 0.195 e. The molecule has 46 heavy (non-hydrogen) atoms. The molecule has 0 amide bonds.